The van der Waals surface area contributed by atoms with Crippen LogP contribution in [0, 0.1) is 0 Å². The Kier molecular flexibility index (Phi) is 5.48. The highest BCUT2D eigenvalue weighted by molar-refractivity contribution is 5.76. The molecule has 1 unspecified atom stereocenters. The Morgan fingerprint density at radius 1 is 1.13 bits per heavy atom. The number of nitrogens with one attached hydrogen (secondary N) is 1. The van der Waals surface area contributed by atoms with E-state index in [2.05, 4.69) is 22.3 Å². The molecule has 1 amide bonds. The van der Waals surface area contributed by atoms with Gasteiger partial charge in [-0.2, -0.15) is 0 Å². The third-order valence-electron chi connectivity index (χ3n) is 4.43. The average Bonchev–Trinajstić information content (AvgIpc) is 3.28. The summed E-state index contributed by atoms with van der Waals surface area (Å²) >= 11 is 0. The van der Waals surface area contributed by atoms with Gasteiger partial charge in [0.1, 0.15) is 5.76 Å². The molecular formula is C19H24N2O2. The molecule has 0 aliphatic carbocycles. The lowest BCUT2D eigenvalue weighted by molar-refractivity contribution is -0.121. The zero-order valence-electron chi connectivity index (χ0n) is 13.4. The first-order chi connectivity index (χ1) is 11.3. The molecule has 1 aliphatic heterocycles. The molecule has 122 valence electrons. The molecular weight excluding hydrogens is 288 g/mol. The van der Waals surface area contributed by atoms with Crippen molar-refractivity contribution < 1.29 is 9.21 Å². The van der Waals surface area contributed by atoms with Gasteiger partial charge in [0.05, 0.1) is 12.3 Å². The zero-order chi connectivity index (χ0) is 15.9. The number of nitrogens with zero attached hydrogens (tertiary/aromatic N) is 1. The molecule has 3 rings (SSSR count). The van der Waals surface area contributed by atoms with Crippen LogP contribution in [0.25, 0.3) is 0 Å². The van der Waals surface area contributed by atoms with Crippen LogP contribution in [0.1, 0.15) is 36.6 Å². The van der Waals surface area contributed by atoms with Gasteiger partial charge < -0.3 is 9.73 Å². The molecule has 23 heavy (non-hydrogen) atoms. The molecule has 1 N–H and O–H groups in total. The molecule has 1 saturated heterocycles. The minimum atomic E-state index is 0.101. The van der Waals surface area contributed by atoms with E-state index in [1.165, 1.54) is 18.4 Å². The van der Waals surface area contributed by atoms with Gasteiger partial charge in [0.2, 0.25) is 5.91 Å². The lowest BCUT2D eigenvalue weighted by Gasteiger charge is -2.26. The summed E-state index contributed by atoms with van der Waals surface area (Å²) in [5, 5.41) is 3.08. The Morgan fingerprint density at radius 3 is 2.61 bits per heavy atom. The van der Waals surface area contributed by atoms with Crippen LogP contribution >= 0.6 is 0 Å². The molecule has 1 fully saturated rings. The molecule has 0 saturated carbocycles. The Labute approximate surface area is 137 Å². The quantitative estimate of drug-likeness (QED) is 0.854. The summed E-state index contributed by atoms with van der Waals surface area (Å²) in [6.07, 6.45) is 5.45. The zero-order valence-corrected chi connectivity index (χ0v) is 13.4. The van der Waals surface area contributed by atoms with Crippen molar-refractivity contribution in [3.63, 3.8) is 0 Å². The molecule has 2 heterocycles. The maximum atomic E-state index is 12.1. The van der Waals surface area contributed by atoms with Gasteiger partial charge in [-0.15, -0.1) is 0 Å². The van der Waals surface area contributed by atoms with Gasteiger partial charge in [0.15, 0.2) is 0 Å². The fraction of sp³-hybridized carbons (Fsp3) is 0.421. The van der Waals surface area contributed by atoms with Gasteiger partial charge in [-0.1, -0.05) is 30.3 Å². The van der Waals surface area contributed by atoms with Crippen molar-refractivity contribution >= 4 is 5.91 Å². The third kappa shape index (κ3) is 4.45. The standard InChI is InChI=1S/C19H24N2O2/c22-19(11-10-16-7-2-1-3-8-16)20-15-17(18-9-6-14-23-18)21-12-4-5-13-21/h1-3,6-9,14,17H,4-5,10-13,15H2,(H,20,22). The second kappa shape index (κ2) is 7.97. The van der Waals surface area contributed by atoms with Crippen LogP contribution in [0.2, 0.25) is 0 Å². The summed E-state index contributed by atoms with van der Waals surface area (Å²) in [6, 6.07) is 14.2. The second-order valence-corrected chi connectivity index (χ2v) is 6.06. The van der Waals surface area contributed by atoms with E-state index in [-0.39, 0.29) is 11.9 Å². The fourth-order valence-electron chi connectivity index (χ4n) is 3.15. The van der Waals surface area contributed by atoms with Crippen molar-refractivity contribution in [2.45, 2.75) is 31.7 Å². The van der Waals surface area contributed by atoms with E-state index < -0.39 is 0 Å². The van der Waals surface area contributed by atoms with E-state index >= 15 is 0 Å². The highest BCUT2D eigenvalue weighted by Gasteiger charge is 2.25. The number of hydrogen-bond acceptors (Lipinski definition) is 3. The van der Waals surface area contributed by atoms with Gasteiger partial charge in [0, 0.05) is 13.0 Å². The number of carbonyl (C=O) groups is 1. The van der Waals surface area contributed by atoms with E-state index in [0.717, 1.165) is 25.3 Å². The molecule has 1 atom stereocenters. The predicted octanol–water partition coefficient (Wildman–Crippen LogP) is 3.17. The van der Waals surface area contributed by atoms with Crippen molar-refractivity contribution in [3.8, 4) is 0 Å². The highest BCUT2D eigenvalue weighted by atomic mass is 16.3. The Morgan fingerprint density at radius 2 is 1.91 bits per heavy atom. The number of carbonyl (C=O) groups excluding carboxylic acids is 1. The van der Waals surface area contributed by atoms with Crippen molar-refractivity contribution in [3.05, 3.63) is 60.1 Å². The molecule has 1 aromatic heterocycles. The summed E-state index contributed by atoms with van der Waals surface area (Å²) < 4.78 is 5.58. The van der Waals surface area contributed by atoms with Gasteiger partial charge in [0.25, 0.3) is 0 Å². The van der Waals surface area contributed by atoms with E-state index in [1.54, 1.807) is 6.26 Å². The van der Waals surface area contributed by atoms with Crippen LogP contribution in [0.15, 0.2) is 53.1 Å². The summed E-state index contributed by atoms with van der Waals surface area (Å²) in [5.74, 6) is 1.04. The number of benzene rings is 1. The molecule has 2 aromatic rings. The number of hydrogen-bond donors (Lipinski definition) is 1. The van der Waals surface area contributed by atoms with Crippen molar-refractivity contribution in [2.75, 3.05) is 19.6 Å². The van der Waals surface area contributed by atoms with Crippen molar-refractivity contribution in [1.29, 1.82) is 0 Å². The third-order valence-corrected chi connectivity index (χ3v) is 4.43. The number of furan rings is 1. The highest BCUT2D eigenvalue weighted by Crippen LogP contribution is 2.24. The minimum absolute atomic E-state index is 0.101. The van der Waals surface area contributed by atoms with E-state index in [9.17, 15) is 4.79 Å². The molecule has 0 spiro atoms. The van der Waals surface area contributed by atoms with Gasteiger partial charge in [-0.25, -0.2) is 0 Å². The van der Waals surface area contributed by atoms with Gasteiger partial charge in [-0.3, -0.25) is 9.69 Å². The first kappa shape index (κ1) is 15.8. The Balaban J connectivity index is 1.51. The second-order valence-electron chi connectivity index (χ2n) is 6.06. The van der Waals surface area contributed by atoms with Crippen LogP contribution in [0.5, 0.6) is 0 Å². The first-order valence-corrected chi connectivity index (χ1v) is 8.41. The fourth-order valence-corrected chi connectivity index (χ4v) is 3.15. The number of amides is 1. The van der Waals surface area contributed by atoms with Crippen LogP contribution in [0.4, 0.5) is 0 Å². The molecule has 0 radical (unpaired) electrons. The maximum absolute atomic E-state index is 12.1. The Bertz CT molecular complexity index is 589. The minimum Gasteiger partial charge on any atom is -0.468 e. The largest absolute Gasteiger partial charge is 0.468 e. The monoisotopic (exact) mass is 312 g/mol. The topological polar surface area (TPSA) is 45.5 Å². The summed E-state index contributed by atoms with van der Waals surface area (Å²) in [7, 11) is 0. The SMILES string of the molecule is O=C(CCc1ccccc1)NCC(c1ccco1)N1CCCC1. The average molecular weight is 312 g/mol. The first-order valence-electron chi connectivity index (χ1n) is 8.41. The van der Waals surface area contributed by atoms with E-state index in [4.69, 9.17) is 4.42 Å². The number of aryl methyl sites for hydroxylation is 1. The van der Waals surface area contributed by atoms with Crippen LogP contribution in [0.3, 0.4) is 0 Å². The lowest BCUT2D eigenvalue weighted by atomic mass is 10.1. The summed E-state index contributed by atoms with van der Waals surface area (Å²) in [4.78, 5) is 14.5. The van der Waals surface area contributed by atoms with Crippen LogP contribution < -0.4 is 5.32 Å². The summed E-state index contributed by atoms with van der Waals surface area (Å²) in [6.45, 7) is 2.76. The van der Waals surface area contributed by atoms with Crippen molar-refractivity contribution in [2.24, 2.45) is 0 Å². The van der Waals surface area contributed by atoms with E-state index in [0.29, 0.717) is 13.0 Å². The predicted molar refractivity (Wildman–Crippen MR) is 90.0 cm³/mol. The molecule has 0 bridgehead atoms. The van der Waals surface area contributed by atoms with Gasteiger partial charge in [-0.05, 0) is 50.0 Å². The van der Waals surface area contributed by atoms with E-state index in [1.807, 2.05) is 30.3 Å². The smallest absolute Gasteiger partial charge is 0.220 e. The molecule has 1 aliphatic rings. The molecule has 4 nitrogen and oxygen atoms in total. The van der Waals surface area contributed by atoms with Crippen LogP contribution in [-0.2, 0) is 11.2 Å². The van der Waals surface area contributed by atoms with Crippen LogP contribution in [-0.4, -0.2) is 30.4 Å². The maximum Gasteiger partial charge on any atom is 0.220 e. The molecule has 4 heteroatoms. The lowest BCUT2D eigenvalue weighted by Crippen LogP contribution is -2.36. The van der Waals surface area contributed by atoms with Crippen molar-refractivity contribution in [1.82, 2.24) is 10.2 Å². The summed E-state index contributed by atoms with van der Waals surface area (Å²) in [5.41, 5.74) is 1.20. The number of rotatable bonds is 7. The molecule has 1 aromatic carbocycles. The number of likely N-dealkylation sites (tertiary alicyclic amines) is 1. The Hall–Kier alpha value is -2.07. The van der Waals surface area contributed by atoms with Gasteiger partial charge >= 0.3 is 0 Å². The normalized spacial score (nSPS) is 16.3.